The molecule has 1 N–H and O–H groups in total. The minimum Gasteiger partial charge on any atom is -0.284 e. The molecule has 0 aromatic heterocycles. The number of hydroxylamine groups is 2. The van der Waals surface area contributed by atoms with Gasteiger partial charge >= 0.3 is 0 Å². The molecule has 0 saturated carbocycles. The number of nitrogens with one attached hydrogen (secondary N) is 1. The minimum absolute atomic E-state index is 0.0208. The van der Waals surface area contributed by atoms with Gasteiger partial charge in [-0.2, -0.15) is 0 Å². The Morgan fingerprint density at radius 2 is 1.69 bits per heavy atom. The Bertz CT molecular complexity index is 189. The molecule has 0 bridgehead atoms. The average molecular weight is 232 g/mol. The van der Waals surface area contributed by atoms with Crippen LogP contribution in [0.4, 0.5) is 0 Å². The van der Waals surface area contributed by atoms with Crippen molar-refractivity contribution in [3.8, 4) is 0 Å². The molecule has 1 amide bonds. The van der Waals surface area contributed by atoms with Crippen molar-refractivity contribution in [3.05, 3.63) is 0 Å². The van der Waals surface area contributed by atoms with Gasteiger partial charge in [-0.3, -0.25) is 14.9 Å². The van der Waals surface area contributed by atoms with E-state index < -0.39 is 0 Å². The van der Waals surface area contributed by atoms with Crippen LogP contribution in [-0.4, -0.2) is 30.3 Å². The van der Waals surface area contributed by atoms with Crippen molar-refractivity contribution in [1.29, 1.82) is 0 Å². The highest BCUT2D eigenvalue weighted by molar-refractivity contribution is 5.80. The minimum atomic E-state index is -0.355. The van der Waals surface area contributed by atoms with Gasteiger partial charge in [-0.05, 0) is 19.8 Å². The summed E-state index contributed by atoms with van der Waals surface area (Å²) in [4.78, 5) is 15.8. The molecule has 0 aromatic rings. The summed E-state index contributed by atoms with van der Waals surface area (Å²) in [6.07, 6.45) is 0. The largest absolute Gasteiger partial charge is 0.284 e. The molecule has 0 spiro atoms. The Hall–Kier alpha value is -0.610. The lowest BCUT2D eigenvalue weighted by molar-refractivity contribution is -0.191. The fourth-order valence-electron chi connectivity index (χ4n) is 1.08. The van der Waals surface area contributed by atoms with E-state index >= 15 is 0 Å². The number of nitrogens with zero attached hydrogens (tertiary/aromatic N) is 1. The van der Waals surface area contributed by atoms with Crippen LogP contribution in [0.3, 0.4) is 0 Å². The Morgan fingerprint density at radius 3 is 1.81 bits per heavy atom. The molecule has 1 rings (SSSR count). The van der Waals surface area contributed by atoms with Crippen LogP contribution in [0.1, 0.15) is 48.5 Å². The van der Waals surface area contributed by atoms with Crippen molar-refractivity contribution in [1.82, 2.24) is 10.4 Å². The molecular weight excluding hydrogens is 204 g/mol. The molecule has 0 aliphatic carbocycles. The first-order valence-electron chi connectivity index (χ1n) is 5.93. The van der Waals surface area contributed by atoms with Crippen LogP contribution in [0.2, 0.25) is 0 Å². The summed E-state index contributed by atoms with van der Waals surface area (Å²) >= 11 is 0. The van der Waals surface area contributed by atoms with E-state index in [1.165, 1.54) is 12.2 Å². The van der Waals surface area contributed by atoms with Crippen molar-refractivity contribution >= 4 is 5.91 Å². The van der Waals surface area contributed by atoms with Crippen LogP contribution in [0.15, 0.2) is 0 Å². The molecule has 0 aromatic carbocycles. The first-order valence-corrected chi connectivity index (χ1v) is 5.93. The topological polar surface area (TPSA) is 41.6 Å². The van der Waals surface area contributed by atoms with Crippen molar-refractivity contribution < 1.29 is 9.63 Å². The van der Waals surface area contributed by atoms with E-state index in [0.29, 0.717) is 6.54 Å². The van der Waals surface area contributed by atoms with Gasteiger partial charge < -0.3 is 0 Å². The highest BCUT2D eigenvalue weighted by atomic mass is 16.7. The molecule has 1 aliphatic rings. The fraction of sp³-hybridized carbons (Fsp3) is 0.917. The fourth-order valence-corrected chi connectivity index (χ4v) is 1.08. The van der Waals surface area contributed by atoms with Gasteiger partial charge in [0.2, 0.25) is 0 Å². The monoisotopic (exact) mass is 232 g/mol. The van der Waals surface area contributed by atoms with Crippen LogP contribution in [0.25, 0.3) is 0 Å². The molecule has 4 heteroatoms. The molecule has 1 aliphatic heterocycles. The third-order valence-corrected chi connectivity index (χ3v) is 1.59. The zero-order valence-electron chi connectivity index (χ0n) is 12.0. The molecule has 0 atom stereocenters. The van der Waals surface area contributed by atoms with Gasteiger partial charge in [0.15, 0.2) is 0 Å². The number of hydrogen-bond donors (Lipinski definition) is 1. The molecule has 0 radical (unpaired) electrons. The average Bonchev–Trinajstić information content (AvgIpc) is 2.43. The van der Waals surface area contributed by atoms with E-state index in [1.807, 2.05) is 27.7 Å². The van der Waals surface area contributed by atoms with E-state index in [2.05, 4.69) is 26.1 Å². The number of hydrogen-bond acceptors (Lipinski definition) is 3. The van der Waals surface area contributed by atoms with Crippen molar-refractivity contribution in [2.24, 2.45) is 5.92 Å². The summed E-state index contributed by atoms with van der Waals surface area (Å²) in [7, 11) is 1.49. The van der Waals surface area contributed by atoms with Gasteiger partial charge in [0, 0.05) is 0 Å². The number of rotatable bonds is 1. The Morgan fingerprint density at radius 1 is 1.31 bits per heavy atom. The SMILES string of the molecule is CC.CC(C)C.CON1C(=O)CNC1(C)C. The van der Waals surface area contributed by atoms with Gasteiger partial charge in [0.1, 0.15) is 5.66 Å². The van der Waals surface area contributed by atoms with Crippen molar-refractivity contribution in [2.45, 2.75) is 54.1 Å². The second kappa shape index (κ2) is 8.53. The predicted molar refractivity (Wildman–Crippen MR) is 67.8 cm³/mol. The van der Waals surface area contributed by atoms with Gasteiger partial charge in [0.25, 0.3) is 5.91 Å². The third kappa shape index (κ3) is 6.80. The molecule has 1 saturated heterocycles. The summed E-state index contributed by atoms with van der Waals surface area (Å²) in [6.45, 7) is 14.6. The smallest absolute Gasteiger partial charge is 0.261 e. The molecule has 98 valence electrons. The standard InChI is InChI=1S/C6H12N2O2.C4H10.C2H6/c1-6(2)7-4-5(9)8(6)10-3;1-4(2)3;1-2/h7H,4H2,1-3H3;4H,1-3H3;1-2H3. The molecule has 1 fully saturated rings. The van der Waals surface area contributed by atoms with Gasteiger partial charge in [0.05, 0.1) is 13.7 Å². The van der Waals surface area contributed by atoms with Crippen LogP contribution >= 0.6 is 0 Å². The number of carbonyl (C=O) groups excluding carboxylic acids is 1. The zero-order chi connectivity index (χ0) is 13.4. The quantitative estimate of drug-likeness (QED) is 0.755. The Kier molecular flexibility index (Phi) is 9.48. The summed E-state index contributed by atoms with van der Waals surface area (Å²) in [5.74, 6) is 0.813. The molecular formula is C12H28N2O2. The van der Waals surface area contributed by atoms with E-state index in [0.717, 1.165) is 5.92 Å². The highest BCUT2D eigenvalue weighted by Crippen LogP contribution is 2.15. The summed E-state index contributed by atoms with van der Waals surface area (Å²) in [5, 5.41) is 4.34. The summed E-state index contributed by atoms with van der Waals surface area (Å²) < 4.78 is 0. The molecule has 1 heterocycles. The van der Waals surface area contributed by atoms with Crippen LogP contribution in [0, 0.1) is 5.92 Å². The van der Waals surface area contributed by atoms with Crippen LogP contribution in [-0.2, 0) is 9.63 Å². The van der Waals surface area contributed by atoms with E-state index in [1.54, 1.807) is 0 Å². The van der Waals surface area contributed by atoms with Gasteiger partial charge in [-0.15, -0.1) is 0 Å². The second-order valence-electron chi connectivity index (χ2n) is 4.52. The van der Waals surface area contributed by atoms with E-state index in [4.69, 9.17) is 4.84 Å². The lowest BCUT2D eigenvalue weighted by Gasteiger charge is -2.27. The summed E-state index contributed by atoms with van der Waals surface area (Å²) in [6, 6.07) is 0. The molecule has 16 heavy (non-hydrogen) atoms. The maximum atomic E-state index is 11.0. The number of carbonyl (C=O) groups is 1. The van der Waals surface area contributed by atoms with Gasteiger partial charge in [-0.1, -0.05) is 34.6 Å². The second-order valence-corrected chi connectivity index (χ2v) is 4.52. The van der Waals surface area contributed by atoms with E-state index in [9.17, 15) is 4.79 Å². The normalized spacial score (nSPS) is 17.6. The van der Waals surface area contributed by atoms with Crippen LogP contribution in [0.5, 0.6) is 0 Å². The number of amides is 1. The Balaban J connectivity index is 0. The van der Waals surface area contributed by atoms with Gasteiger partial charge in [-0.25, -0.2) is 5.06 Å². The van der Waals surface area contributed by atoms with Crippen molar-refractivity contribution in [3.63, 3.8) is 0 Å². The molecule has 0 unspecified atom stereocenters. The first-order chi connectivity index (χ1) is 7.31. The Labute approximate surface area is 100 Å². The lowest BCUT2D eigenvalue weighted by Crippen LogP contribution is -2.46. The first kappa shape index (κ1) is 17.8. The summed E-state index contributed by atoms with van der Waals surface area (Å²) in [5.41, 5.74) is -0.355. The zero-order valence-corrected chi connectivity index (χ0v) is 12.0. The maximum Gasteiger partial charge on any atom is 0.261 e. The molecule has 4 nitrogen and oxygen atoms in total. The third-order valence-electron chi connectivity index (χ3n) is 1.59. The maximum absolute atomic E-state index is 11.0. The highest BCUT2D eigenvalue weighted by Gasteiger charge is 2.37. The van der Waals surface area contributed by atoms with E-state index in [-0.39, 0.29) is 11.6 Å². The lowest BCUT2D eigenvalue weighted by atomic mass is 10.3. The van der Waals surface area contributed by atoms with Crippen LogP contribution < -0.4 is 5.32 Å². The van der Waals surface area contributed by atoms with Crippen molar-refractivity contribution in [2.75, 3.05) is 13.7 Å². The predicted octanol–water partition coefficient (Wildman–Crippen LogP) is 2.40.